The summed E-state index contributed by atoms with van der Waals surface area (Å²) < 4.78 is 38.0. The van der Waals surface area contributed by atoms with Gasteiger partial charge in [-0.15, -0.1) is 0 Å². The van der Waals surface area contributed by atoms with E-state index in [4.69, 9.17) is 9.47 Å². The highest BCUT2D eigenvalue weighted by molar-refractivity contribution is 7.89. The Bertz CT molecular complexity index is 1240. The number of nitrogens with one attached hydrogen (secondary N) is 2. The van der Waals surface area contributed by atoms with Gasteiger partial charge < -0.3 is 24.6 Å². The summed E-state index contributed by atoms with van der Waals surface area (Å²) in [5.74, 6) is 1.31. The molecule has 0 spiro atoms. The van der Waals surface area contributed by atoms with Gasteiger partial charge in [0.1, 0.15) is 17.9 Å². The molecule has 1 heterocycles. The van der Waals surface area contributed by atoms with Gasteiger partial charge in [0.2, 0.25) is 10.0 Å². The van der Waals surface area contributed by atoms with E-state index in [-0.39, 0.29) is 4.90 Å². The van der Waals surface area contributed by atoms with E-state index in [9.17, 15) is 8.42 Å². The molecule has 0 saturated carbocycles. The van der Waals surface area contributed by atoms with Crippen LogP contribution in [0.5, 0.6) is 5.75 Å². The Kier molecular flexibility index (Phi) is 9.21. The molecular formula is C24H34N6O4S. The van der Waals surface area contributed by atoms with Gasteiger partial charge in [0.05, 0.1) is 35.0 Å². The van der Waals surface area contributed by atoms with Crippen molar-refractivity contribution in [3.05, 3.63) is 42.7 Å². The number of anilines is 3. The molecule has 2 aromatic carbocycles. The third-order valence-electron chi connectivity index (χ3n) is 5.52. The third kappa shape index (κ3) is 7.01. The molecule has 0 radical (unpaired) electrons. The predicted octanol–water partition coefficient (Wildman–Crippen LogP) is 2.69. The number of ether oxygens (including phenoxy) is 2. The van der Waals surface area contributed by atoms with Gasteiger partial charge in [0.15, 0.2) is 0 Å². The van der Waals surface area contributed by atoms with Crippen molar-refractivity contribution in [3.63, 3.8) is 0 Å². The molecule has 0 unspecified atom stereocenters. The summed E-state index contributed by atoms with van der Waals surface area (Å²) in [5.41, 5.74) is 2.16. The van der Waals surface area contributed by atoms with Crippen LogP contribution in [0.15, 0.2) is 47.6 Å². The van der Waals surface area contributed by atoms with Crippen molar-refractivity contribution in [3.8, 4) is 5.75 Å². The second kappa shape index (κ2) is 12.1. The van der Waals surface area contributed by atoms with E-state index in [1.165, 1.54) is 13.4 Å². The quantitative estimate of drug-likeness (QED) is 0.341. The Labute approximate surface area is 207 Å². The minimum absolute atomic E-state index is 0.162. The molecule has 3 rings (SSSR count). The number of methoxy groups -OCH3 is 1. The van der Waals surface area contributed by atoms with Gasteiger partial charge in [-0.05, 0) is 50.8 Å². The number of aromatic nitrogens is 2. The molecule has 0 amide bonds. The smallest absolute Gasteiger partial charge is 0.240 e. The summed E-state index contributed by atoms with van der Waals surface area (Å²) in [6.07, 6.45) is 2.37. The van der Waals surface area contributed by atoms with Crippen molar-refractivity contribution in [1.82, 2.24) is 19.6 Å². The monoisotopic (exact) mass is 502 g/mol. The summed E-state index contributed by atoms with van der Waals surface area (Å²) in [7, 11) is 5.35. The normalized spacial score (nSPS) is 11.7. The number of likely N-dealkylation sites (N-methyl/N-ethyl adjacent to an activating group) is 1. The lowest BCUT2D eigenvalue weighted by molar-refractivity contribution is 0.157. The molecule has 0 aliphatic rings. The zero-order valence-corrected chi connectivity index (χ0v) is 21.7. The van der Waals surface area contributed by atoms with Crippen molar-refractivity contribution < 1.29 is 17.9 Å². The summed E-state index contributed by atoms with van der Waals surface area (Å²) in [5, 5.41) is 4.09. The fraction of sp³-hybridized carbons (Fsp3) is 0.417. The topological polar surface area (TPSA) is 109 Å². The molecule has 190 valence electrons. The summed E-state index contributed by atoms with van der Waals surface area (Å²) >= 11 is 0. The van der Waals surface area contributed by atoms with Crippen LogP contribution in [0.1, 0.15) is 6.42 Å². The summed E-state index contributed by atoms with van der Waals surface area (Å²) in [6, 6.07) is 10.6. The van der Waals surface area contributed by atoms with Gasteiger partial charge >= 0.3 is 0 Å². The standard InChI is InChI=1S/C24H34N6O4S/c1-25-35(31,32)19-8-10-23(29(2)3)22(16-19)28-24-20-9-7-18(15-21(20)26-17-27-24)34-13-6-11-30(4)12-14-33-5/h7-10,15-17,25H,6,11-14H2,1-5H3,(H,26,27,28). The zero-order chi connectivity index (χ0) is 25.4. The maximum atomic E-state index is 12.3. The Balaban J connectivity index is 1.78. The average molecular weight is 503 g/mol. The number of sulfonamides is 1. The van der Waals surface area contributed by atoms with Gasteiger partial charge in [-0.1, -0.05) is 0 Å². The number of hydrogen-bond acceptors (Lipinski definition) is 9. The molecular weight excluding hydrogens is 468 g/mol. The number of benzene rings is 2. The summed E-state index contributed by atoms with van der Waals surface area (Å²) in [6.45, 7) is 3.11. The largest absolute Gasteiger partial charge is 0.493 e. The lowest BCUT2D eigenvalue weighted by Crippen LogP contribution is -2.25. The molecule has 1 aromatic heterocycles. The second-order valence-electron chi connectivity index (χ2n) is 8.31. The second-order valence-corrected chi connectivity index (χ2v) is 10.2. The number of nitrogens with zero attached hydrogens (tertiary/aromatic N) is 4. The minimum Gasteiger partial charge on any atom is -0.493 e. The average Bonchev–Trinajstić information content (AvgIpc) is 2.85. The highest BCUT2D eigenvalue weighted by Gasteiger charge is 2.16. The van der Waals surface area contributed by atoms with Crippen LogP contribution in [-0.2, 0) is 14.8 Å². The van der Waals surface area contributed by atoms with Gasteiger partial charge in [-0.2, -0.15) is 0 Å². The van der Waals surface area contributed by atoms with Crippen LogP contribution in [0.25, 0.3) is 10.9 Å². The number of hydrogen-bond donors (Lipinski definition) is 2. The molecule has 0 saturated heterocycles. The minimum atomic E-state index is -3.59. The fourth-order valence-corrected chi connectivity index (χ4v) is 4.28. The first-order chi connectivity index (χ1) is 16.7. The van der Waals surface area contributed by atoms with Gasteiger partial charge in [0, 0.05) is 45.7 Å². The van der Waals surface area contributed by atoms with Crippen LogP contribution in [0.4, 0.5) is 17.2 Å². The Hall–Kier alpha value is -2.99. The van der Waals surface area contributed by atoms with Crippen LogP contribution in [0.2, 0.25) is 0 Å². The van der Waals surface area contributed by atoms with Crippen LogP contribution in [-0.4, -0.2) is 84.9 Å². The lowest BCUT2D eigenvalue weighted by atomic mass is 10.2. The Morgan fingerprint density at radius 2 is 1.80 bits per heavy atom. The highest BCUT2D eigenvalue weighted by Crippen LogP contribution is 2.32. The van der Waals surface area contributed by atoms with E-state index in [1.807, 2.05) is 37.2 Å². The maximum Gasteiger partial charge on any atom is 0.240 e. The molecule has 0 fully saturated rings. The predicted molar refractivity (Wildman–Crippen MR) is 139 cm³/mol. The first-order valence-electron chi connectivity index (χ1n) is 11.3. The Morgan fingerprint density at radius 1 is 1.00 bits per heavy atom. The van der Waals surface area contributed by atoms with Crippen molar-refractivity contribution in [2.75, 3.05) is 71.8 Å². The zero-order valence-electron chi connectivity index (χ0n) is 20.9. The first-order valence-corrected chi connectivity index (χ1v) is 12.8. The first kappa shape index (κ1) is 26.6. The molecule has 10 nitrogen and oxygen atoms in total. The van der Waals surface area contributed by atoms with Gasteiger partial charge in [0.25, 0.3) is 0 Å². The maximum absolute atomic E-state index is 12.3. The van der Waals surface area contributed by atoms with E-state index in [0.29, 0.717) is 24.7 Å². The Morgan fingerprint density at radius 3 is 2.51 bits per heavy atom. The molecule has 0 bridgehead atoms. The van der Waals surface area contributed by atoms with Gasteiger partial charge in [-0.3, -0.25) is 0 Å². The molecule has 2 N–H and O–H groups in total. The molecule has 0 aliphatic carbocycles. The number of rotatable bonds is 13. The van der Waals surface area contributed by atoms with Crippen molar-refractivity contribution in [2.45, 2.75) is 11.3 Å². The molecule has 3 aromatic rings. The van der Waals surface area contributed by atoms with E-state index < -0.39 is 10.0 Å². The van der Waals surface area contributed by atoms with Crippen molar-refractivity contribution in [2.24, 2.45) is 0 Å². The lowest BCUT2D eigenvalue weighted by Gasteiger charge is -2.20. The summed E-state index contributed by atoms with van der Waals surface area (Å²) in [4.78, 5) is 13.1. The van der Waals surface area contributed by atoms with E-state index in [2.05, 4.69) is 32.0 Å². The van der Waals surface area contributed by atoms with E-state index in [0.717, 1.165) is 41.9 Å². The molecule has 11 heteroatoms. The van der Waals surface area contributed by atoms with Crippen LogP contribution < -0.4 is 19.7 Å². The molecule has 0 atom stereocenters. The van der Waals surface area contributed by atoms with E-state index >= 15 is 0 Å². The van der Waals surface area contributed by atoms with Crippen LogP contribution >= 0.6 is 0 Å². The molecule has 35 heavy (non-hydrogen) atoms. The fourth-order valence-electron chi connectivity index (χ4n) is 3.53. The van der Waals surface area contributed by atoms with Crippen molar-refractivity contribution >= 4 is 38.1 Å². The van der Waals surface area contributed by atoms with Crippen LogP contribution in [0.3, 0.4) is 0 Å². The third-order valence-corrected chi connectivity index (χ3v) is 6.93. The molecule has 0 aliphatic heterocycles. The number of fused-ring (bicyclic) bond motifs is 1. The highest BCUT2D eigenvalue weighted by atomic mass is 32.2. The van der Waals surface area contributed by atoms with Crippen LogP contribution in [0, 0.1) is 0 Å². The SMILES string of the molecule is CNS(=O)(=O)c1ccc(N(C)C)c(Nc2ncnc3cc(OCCCN(C)CCOC)ccc23)c1. The van der Waals surface area contributed by atoms with Crippen molar-refractivity contribution in [1.29, 1.82) is 0 Å². The van der Waals surface area contributed by atoms with E-state index in [1.54, 1.807) is 25.3 Å². The van der Waals surface area contributed by atoms with Gasteiger partial charge in [-0.25, -0.2) is 23.1 Å².